The first-order valence-corrected chi connectivity index (χ1v) is 9.89. The van der Waals surface area contributed by atoms with Gasteiger partial charge in [0.25, 0.3) is 5.91 Å². The van der Waals surface area contributed by atoms with Crippen LogP contribution in [0.2, 0.25) is 10.2 Å². The van der Waals surface area contributed by atoms with E-state index in [2.05, 4.69) is 21.6 Å². The van der Waals surface area contributed by atoms with Crippen molar-refractivity contribution in [1.29, 1.82) is 0 Å². The third-order valence-electron chi connectivity index (χ3n) is 3.78. The molecular formula is C20H17Cl2N3OS. The standard InChI is InChI=1S/C20H17Cl2N3OS/c1-13-3-2-4-14(11-13)9-10-23-19(26)17-12-18(22)24-25-20(17)27-16-7-5-15(21)6-8-16/h2-8,11-12H,9-10H2,1H3,(H,23,26). The SMILES string of the molecule is Cc1cccc(CCNC(=O)c2cc(Cl)nnc2Sc2ccc(Cl)cc2)c1. The lowest BCUT2D eigenvalue weighted by molar-refractivity contribution is 0.0950. The molecule has 7 heteroatoms. The molecule has 0 fully saturated rings. The van der Waals surface area contributed by atoms with Crippen LogP contribution < -0.4 is 5.32 Å². The van der Waals surface area contributed by atoms with Crippen molar-refractivity contribution >= 4 is 40.9 Å². The average molecular weight is 418 g/mol. The second-order valence-corrected chi connectivity index (χ2v) is 7.82. The molecule has 27 heavy (non-hydrogen) atoms. The molecule has 3 aromatic rings. The van der Waals surface area contributed by atoms with E-state index < -0.39 is 0 Å². The van der Waals surface area contributed by atoms with Crippen molar-refractivity contribution < 1.29 is 4.79 Å². The Labute approximate surface area is 172 Å². The number of carbonyl (C=O) groups is 1. The van der Waals surface area contributed by atoms with Crippen LogP contribution in [0.5, 0.6) is 0 Å². The minimum atomic E-state index is -0.226. The maximum absolute atomic E-state index is 12.6. The van der Waals surface area contributed by atoms with E-state index in [1.54, 1.807) is 12.1 Å². The first-order valence-electron chi connectivity index (χ1n) is 8.31. The van der Waals surface area contributed by atoms with E-state index in [0.29, 0.717) is 22.2 Å². The fourth-order valence-corrected chi connectivity index (χ4v) is 3.60. The molecule has 0 atom stereocenters. The molecule has 0 aliphatic rings. The van der Waals surface area contributed by atoms with Crippen molar-refractivity contribution in [3.05, 3.63) is 81.5 Å². The highest BCUT2D eigenvalue weighted by molar-refractivity contribution is 7.99. The van der Waals surface area contributed by atoms with Crippen LogP contribution in [0.15, 0.2) is 64.5 Å². The Bertz CT molecular complexity index is 948. The molecule has 0 saturated carbocycles. The van der Waals surface area contributed by atoms with Gasteiger partial charge in [-0.2, -0.15) is 0 Å². The molecule has 0 radical (unpaired) electrons. The van der Waals surface area contributed by atoms with Gasteiger partial charge in [-0.3, -0.25) is 4.79 Å². The molecule has 138 valence electrons. The number of halogens is 2. The summed E-state index contributed by atoms with van der Waals surface area (Å²) < 4.78 is 0. The summed E-state index contributed by atoms with van der Waals surface area (Å²) in [4.78, 5) is 13.6. The zero-order valence-electron chi connectivity index (χ0n) is 14.6. The summed E-state index contributed by atoms with van der Waals surface area (Å²) in [6, 6.07) is 17.1. The Morgan fingerprint density at radius 3 is 2.59 bits per heavy atom. The van der Waals surface area contributed by atoms with E-state index in [1.165, 1.54) is 29.0 Å². The summed E-state index contributed by atoms with van der Waals surface area (Å²) in [6.07, 6.45) is 0.749. The molecule has 0 spiro atoms. The van der Waals surface area contributed by atoms with Gasteiger partial charge in [0.05, 0.1) is 5.56 Å². The van der Waals surface area contributed by atoms with Gasteiger partial charge < -0.3 is 5.32 Å². The molecule has 1 aromatic heterocycles. The maximum Gasteiger partial charge on any atom is 0.254 e. The van der Waals surface area contributed by atoms with Gasteiger partial charge in [0.15, 0.2) is 5.15 Å². The second-order valence-electron chi connectivity index (χ2n) is 5.94. The van der Waals surface area contributed by atoms with Crippen LogP contribution in [0, 0.1) is 6.92 Å². The van der Waals surface area contributed by atoms with Gasteiger partial charge in [0.2, 0.25) is 0 Å². The Morgan fingerprint density at radius 1 is 1.07 bits per heavy atom. The smallest absolute Gasteiger partial charge is 0.254 e. The van der Waals surface area contributed by atoms with E-state index in [-0.39, 0.29) is 11.1 Å². The molecular weight excluding hydrogens is 401 g/mol. The number of nitrogens with one attached hydrogen (secondary N) is 1. The number of rotatable bonds is 6. The summed E-state index contributed by atoms with van der Waals surface area (Å²) in [5, 5.41) is 12.2. The Kier molecular flexibility index (Phi) is 6.72. The highest BCUT2D eigenvalue weighted by Gasteiger charge is 2.15. The third kappa shape index (κ3) is 5.70. The Balaban J connectivity index is 1.69. The summed E-state index contributed by atoms with van der Waals surface area (Å²) in [6.45, 7) is 2.57. The van der Waals surface area contributed by atoms with Crippen molar-refractivity contribution in [3.63, 3.8) is 0 Å². The van der Waals surface area contributed by atoms with Crippen molar-refractivity contribution in [2.75, 3.05) is 6.54 Å². The first-order chi connectivity index (χ1) is 13.0. The minimum absolute atomic E-state index is 0.180. The zero-order valence-corrected chi connectivity index (χ0v) is 16.9. The number of hydrogen-bond donors (Lipinski definition) is 1. The molecule has 1 heterocycles. The van der Waals surface area contributed by atoms with E-state index in [0.717, 1.165) is 11.3 Å². The lowest BCUT2D eigenvalue weighted by atomic mass is 10.1. The molecule has 0 unspecified atom stereocenters. The van der Waals surface area contributed by atoms with Crippen LogP contribution in [0.3, 0.4) is 0 Å². The summed E-state index contributed by atoms with van der Waals surface area (Å²) in [5.74, 6) is -0.226. The van der Waals surface area contributed by atoms with Gasteiger partial charge in [-0.05, 0) is 49.2 Å². The van der Waals surface area contributed by atoms with Crippen molar-refractivity contribution in [1.82, 2.24) is 15.5 Å². The summed E-state index contributed by atoms with van der Waals surface area (Å²) in [5.41, 5.74) is 2.78. The Hall–Kier alpha value is -2.08. The van der Waals surface area contributed by atoms with Crippen LogP contribution in [0.1, 0.15) is 21.5 Å². The number of hydrogen-bond acceptors (Lipinski definition) is 4. The van der Waals surface area contributed by atoms with Crippen LogP contribution in [-0.4, -0.2) is 22.6 Å². The predicted octanol–water partition coefficient (Wildman–Crippen LogP) is 5.22. The van der Waals surface area contributed by atoms with Gasteiger partial charge >= 0.3 is 0 Å². The fourth-order valence-electron chi connectivity index (χ4n) is 2.49. The quantitative estimate of drug-likeness (QED) is 0.597. The van der Waals surface area contributed by atoms with Crippen LogP contribution in [-0.2, 0) is 6.42 Å². The fraction of sp³-hybridized carbons (Fsp3) is 0.150. The van der Waals surface area contributed by atoms with E-state index in [4.69, 9.17) is 23.2 Å². The van der Waals surface area contributed by atoms with E-state index in [1.807, 2.05) is 37.3 Å². The zero-order chi connectivity index (χ0) is 19.2. The van der Waals surface area contributed by atoms with Gasteiger partial charge in [-0.15, -0.1) is 10.2 Å². The molecule has 0 bridgehead atoms. The number of benzene rings is 2. The van der Waals surface area contributed by atoms with Crippen LogP contribution in [0.4, 0.5) is 0 Å². The second kappa shape index (κ2) is 9.22. The number of aromatic nitrogens is 2. The predicted molar refractivity (Wildman–Crippen MR) is 110 cm³/mol. The number of amides is 1. The molecule has 3 rings (SSSR count). The largest absolute Gasteiger partial charge is 0.352 e. The molecule has 1 amide bonds. The lowest BCUT2D eigenvalue weighted by Crippen LogP contribution is -2.26. The van der Waals surface area contributed by atoms with Crippen LogP contribution >= 0.6 is 35.0 Å². The van der Waals surface area contributed by atoms with Crippen molar-refractivity contribution in [2.45, 2.75) is 23.3 Å². The highest BCUT2D eigenvalue weighted by Crippen LogP contribution is 2.30. The van der Waals surface area contributed by atoms with Crippen molar-refractivity contribution in [2.24, 2.45) is 0 Å². The van der Waals surface area contributed by atoms with Crippen LogP contribution in [0.25, 0.3) is 0 Å². The molecule has 1 N–H and O–H groups in total. The number of nitrogens with zero attached hydrogens (tertiary/aromatic N) is 2. The van der Waals surface area contributed by atoms with Crippen molar-refractivity contribution in [3.8, 4) is 0 Å². The summed E-state index contributed by atoms with van der Waals surface area (Å²) in [7, 11) is 0. The molecule has 2 aromatic carbocycles. The highest BCUT2D eigenvalue weighted by atomic mass is 35.5. The normalized spacial score (nSPS) is 10.6. The number of aryl methyl sites for hydroxylation is 1. The van der Waals surface area contributed by atoms with E-state index >= 15 is 0 Å². The number of carbonyl (C=O) groups excluding carboxylic acids is 1. The summed E-state index contributed by atoms with van der Waals surface area (Å²) >= 11 is 13.2. The monoisotopic (exact) mass is 417 g/mol. The van der Waals surface area contributed by atoms with Gasteiger partial charge in [0, 0.05) is 16.5 Å². The minimum Gasteiger partial charge on any atom is -0.352 e. The third-order valence-corrected chi connectivity index (χ3v) is 5.22. The lowest BCUT2D eigenvalue weighted by Gasteiger charge is -2.09. The Morgan fingerprint density at radius 2 is 1.85 bits per heavy atom. The first kappa shape index (κ1) is 19.7. The topological polar surface area (TPSA) is 54.9 Å². The maximum atomic E-state index is 12.6. The van der Waals surface area contributed by atoms with Gasteiger partial charge in [-0.1, -0.05) is 64.8 Å². The molecule has 0 aliphatic carbocycles. The molecule has 0 saturated heterocycles. The van der Waals surface area contributed by atoms with E-state index in [9.17, 15) is 4.79 Å². The molecule has 4 nitrogen and oxygen atoms in total. The van der Waals surface area contributed by atoms with Gasteiger partial charge in [-0.25, -0.2) is 0 Å². The van der Waals surface area contributed by atoms with Gasteiger partial charge in [0.1, 0.15) is 5.03 Å². The molecule has 0 aliphatic heterocycles. The average Bonchev–Trinajstić information content (AvgIpc) is 2.65.